The number of ether oxygens (including phenoxy) is 1. The van der Waals surface area contributed by atoms with Gasteiger partial charge >= 0.3 is 0 Å². The van der Waals surface area contributed by atoms with E-state index in [0.717, 1.165) is 16.9 Å². The SMILES string of the molecule is Cc1ccccc1COc1ccc(/C=N\NC(=O)c2ccc(C#N)cc2)cc1. The molecule has 0 spiro atoms. The molecule has 138 valence electrons. The second kappa shape index (κ2) is 9.15. The highest BCUT2D eigenvalue weighted by molar-refractivity contribution is 5.94. The van der Waals surface area contributed by atoms with Crippen molar-refractivity contribution in [3.63, 3.8) is 0 Å². The van der Waals surface area contributed by atoms with E-state index >= 15 is 0 Å². The van der Waals surface area contributed by atoms with E-state index in [-0.39, 0.29) is 5.91 Å². The number of rotatable bonds is 6. The van der Waals surface area contributed by atoms with Gasteiger partial charge in [0.05, 0.1) is 17.8 Å². The zero-order valence-electron chi connectivity index (χ0n) is 15.4. The first kappa shape index (κ1) is 18.9. The van der Waals surface area contributed by atoms with E-state index < -0.39 is 0 Å². The smallest absolute Gasteiger partial charge is 0.271 e. The summed E-state index contributed by atoms with van der Waals surface area (Å²) in [4.78, 5) is 12.0. The lowest BCUT2D eigenvalue weighted by Crippen LogP contribution is -2.17. The van der Waals surface area contributed by atoms with Crippen LogP contribution in [0, 0.1) is 18.3 Å². The molecule has 0 aliphatic heterocycles. The van der Waals surface area contributed by atoms with Crippen molar-refractivity contribution in [3.05, 3.63) is 101 Å². The maximum absolute atomic E-state index is 12.0. The van der Waals surface area contributed by atoms with Crippen LogP contribution in [0.25, 0.3) is 0 Å². The first-order valence-electron chi connectivity index (χ1n) is 8.76. The van der Waals surface area contributed by atoms with Gasteiger partial charge in [0.15, 0.2) is 0 Å². The zero-order chi connectivity index (χ0) is 19.8. The molecule has 0 aliphatic carbocycles. The Bertz CT molecular complexity index is 1020. The number of hydrazone groups is 1. The molecule has 28 heavy (non-hydrogen) atoms. The summed E-state index contributed by atoms with van der Waals surface area (Å²) in [7, 11) is 0. The lowest BCUT2D eigenvalue weighted by atomic mass is 10.1. The predicted octanol–water partition coefficient (Wildman–Crippen LogP) is 4.21. The van der Waals surface area contributed by atoms with Gasteiger partial charge in [0.25, 0.3) is 5.91 Å². The van der Waals surface area contributed by atoms with Crippen LogP contribution in [0.5, 0.6) is 5.75 Å². The maximum atomic E-state index is 12.0. The van der Waals surface area contributed by atoms with E-state index in [9.17, 15) is 4.79 Å². The number of nitrogens with zero attached hydrogens (tertiary/aromatic N) is 2. The van der Waals surface area contributed by atoms with Crippen molar-refractivity contribution >= 4 is 12.1 Å². The molecule has 3 rings (SSSR count). The molecule has 0 aromatic heterocycles. The summed E-state index contributed by atoms with van der Waals surface area (Å²) in [5, 5.41) is 12.7. The van der Waals surface area contributed by atoms with Gasteiger partial charge in [-0.1, -0.05) is 24.3 Å². The van der Waals surface area contributed by atoms with Crippen LogP contribution < -0.4 is 10.2 Å². The average Bonchev–Trinajstić information content (AvgIpc) is 2.74. The molecule has 1 amide bonds. The minimum absolute atomic E-state index is 0.334. The van der Waals surface area contributed by atoms with Crippen LogP contribution in [-0.2, 0) is 6.61 Å². The van der Waals surface area contributed by atoms with Gasteiger partial charge in [0.1, 0.15) is 12.4 Å². The molecule has 0 radical (unpaired) electrons. The Balaban J connectivity index is 1.52. The molecule has 1 N–H and O–H groups in total. The third kappa shape index (κ3) is 5.05. The van der Waals surface area contributed by atoms with Gasteiger partial charge in [-0.25, -0.2) is 5.43 Å². The van der Waals surface area contributed by atoms with Gasteiger partial charge in [0.2, 0.25) is 0 Å². The van der Waals surface area contributed by atoms with Crippen LogP contribution >= 0.6 is 0 Å². The van der Waals surface area contributed by atoms with Crippen molar-refractivity contribution in [3.8, 4) is 11.8 Å². The summed E-state index contributed by atoms with van der Waals surface area (Å²) >= 11 is 0. The molecule has 0 bridgehead atoms. The van der Waals surface area contributed by atoms with Crippen molar-refractivity contribution < 1.29 is 9.53 Å². The highest BCUT2D eigenvalue weighted by Crippen LogP contribution is 2.15. The van der Waals surface area contributed by atoms with Crippen molar-refractivity contribution in [2.45, 2.75) is 13.5 Å². The van der Waals surface area contributed by atoms with E-state index in [1.165, 1.54) is 5.56 Å². The first-order valence-corrected chi connectivity index (χ1v) is 8.76. The lowest BCUT2D eigenvalue weighted by molar-refractivity contribution is 0.0955. The van der Waals surface area contributed by atoms with Crippen molar-refractivity contribution in [2.75, 3.05) is 0 Å². The summed E-state index contributed by atoms with van der Waals surface area (Å²) in [6, 6.07) is 23.9. The van der Waals surface area contributed by atoms with Crippen LogP contribution in [0.3, 0.4) is 0 Å². The van der Waals surface area contributed by atoms with Gasteiger partial charge in [-0.3, -0.25) is 4.79 Å². The normalized spacial score (nSPS) is 10.4. The van der Waals surface area contributed by atoms with Crippen molar-refractivity contribution in [1.29, 1.82) is 5.26 Å². The van der Waals surface area contributed by atoms with E-state index in [2.05, 4.69) is 23.5 Å². The van der Waals surface area contributed by atoms with Gasteiger partial charge in [0, 0.05) is 5.56 Å². The van der Waals surface area contributed by atoms with Gasteiger partial charge in [-0.15, -0.1) is 0 Å². The van der Waals surface area contributed by atoms with Crippen molar-refractivity contribution in [1.82, 2.24) is 5.43 Å². The molecule has 0 saturated heterocycles. The Morgan fingerprint density at radius 1 is 1.07 bits per heavy atom. The number of nitriles is 1. The highest BCUT2D eigenvalue weighted by atomic mass is 16.5. The van der Waals surface area contributed by atoms with E-state index in [4.69, 9.17) is 10.00 Å². The molecule has 0 heterocycles. The summed E-state index contributed by atoms with van der Waals surface area (Å²) in [5.74, 6) is 0.431. The summed E-state index contributed by atoms with van der Waals surface area (Å²) in [6.07, 6.45) is 1.56. The van der Waals surface area contributed by atoms with Crippen LogP contribution in [0.4, 0.5) is 0 Å². The van der Waals surface area contributed by atoms with Gasteiger partial charge < -0.3 is 4.74 Å². The first-order chi connectivity index (χ1) is 13.7. The molecule has 5 heteroatoms. The van der Waals surface area contributed by atoms with E-state index in [1.807, 2.05) is 48.5 Å². The highest BCUT2D eigenvalue weighted by Gasteiger charge is 2.03. The summed E-state index contributed by atoms with van der Waals surface area (Å²) < 4.78 is 5.81. The Labute approximate surface area is 163 Å². The second-order valence-electron chi connectivity index (χ2n) is 6.17. The Morgan fingerprint density at radius 3 is 2.46 bits per heavy atom. The molecule has 5 nitrogen and oxygen atoms in total. The topological polar surface area (TPSA) is 74.5 Å². The third-order valence-electron chi connectivity index (χ3n) is 4.19. The molecule has 0 unspecified atom stereocenters. The number of aryl methyl sites for hydroxylation is 1. The largest absolute Gasteiger partial charge is 0.489 e. The number of hydrogen-bond donors (Lipinski definition) is 1. The lowest BCUT2D eigenvalue weighted by Gasteiger charge is -2.08. The number of nitrogens with one attached hydrogen (secondary N) is 1. The standard InChI is InChI=1S/C23H19N3O2/c1-17-4-2-3-5-21(17)16-28-22-12-8-19(9-13-22)15-25-26-23(27)20-10-6-18(14-24)7-11-20/h2-13,15H,16H2,1H3,(H,26,27)/b25-15-. The fourth-order valence-electron chi connectivity index (χ4n) is 2.51. The van der Waals surface area contributed by atoms with Gasteiger partial charge in [-0.05, 0) is 72.1 Å². The molecular weight excluding hydrogens is 350 g/mol. The Kier molecular flexibility index (Phi) is 6.17. The van der Waals surface area contributed by atoms with Crippen LogP contribution in [0.15, 0.2) is 77.9 Å². The monoisotopic (exact) mass is 369 g/mol. The number of amides is 1. The summed E-state index contributed by atoms with van der Waals surface area (Å²) in [6.45, 7) is 2.57. The molecule has 3 aromatic rings. The fourth-order valence-corrected chi connectivity index (χ4v) is 2.51. The van der Waals surface area contributed by atoms with E-state index in [1.54, 1.807) is 30.5 Å². The predicted molar refractivity (Wildman–Crippen MR) is 108 cm³/mol. The van der Waals surface area contributed by atoms with E-state index in [0.29, 0.717) is 17.7 Å². The molecule has 0 aliphatic rings. The number of carbonyl (C=O) groups excluding carboxylic acids is 1. The molecular formula is C23H19N3O2. The van der Waals surface area contributed by atoms with Crippen LogP contribution in [-0.4, -0.2) is 12.1 Å². The molecule has 3 aromatic carbocycles. The number of benzene rings is 3. The van der Waals surface area contributed by atoms with Crippen LogP contribution in [0.1, 0.15) is 32.6 Å². The average molecular weight is 369 g/mol. The minimum atomic E-state index is -0.334. The Hall–Kier alpha value is -3.91. The van der Waals surface area contributed by atoms with Crippen molar-refractivity contribution in [2.24, 2.45) is 5.10 Å². The number of hydrogen-bond acceptors (Lipinski definition) is 4. The maximum Gasteiger partial charge on any atom is 0.271 e. The third-order valence-corrected chi connectivity index (χ3v) is 4.19. The Morgan fingerprint density at radius 2 is 1.79 bits per heavy atom. The molecule has 0 saturated carbocycles. The molecule has 0 atom stereocenters. The fraction of sp³-hybridized carbons (Fsp3) is 0.0870. The second-order valence-corrected chi connectivity index (χ2v) is 6.17. The zero-order valence-corrected chi connectivity index (χ0v) is 15.4. The van der Waals surface area contributed by atoms with Crippen LogP contribution in [0.2, 0.25) is 0 Å². The number of carbonyl (C=O) groups is 1. The quantitative estimate of drug-likeness (QED) is 0.522. The van der Waals surface area contributed by atoms with Gasteiger partial charge in [-0.2, -0.15) is 10.4 Å². The summed E-state index contributed by atoms with van der Waals surface area (Å²) in [5.41, 5.74) is 6.60. The molecule has 0 fully saturated rings. The minimum Gasteiger partial charge on any atom is -0.489 e.